The SMILES string of the molecule is Cc1ccc2oc(C(Cc3ccc(Cl)cc3)NN)cc2c1. The molecule has 3 N–H and O–H groups in total. The van der Waals surface area contributed by atoms with Gasteiger partial charge in [0, 0.05) is 10.4 Å². The van der Waals surface area contributed by atoms with E-state index < -0.39 is 0 Å². The fourth-order valence-corrected chi connectivity index (χ4v) is 2.58. The molecule has 0 fully saturated rings. The van der Waals surface area contributed by atoms with Crippen molar-refractivity contribution in [3.63, 3.8) is 0 Å². The van der Waals surface area contributed by atoms with Crippen molar-refractivity contribution in [2.75, 3.05) is 0 Å². The molecule has 3 nitrogen and oxygen atoms in total. The van der Waals surface area contributed by atoms with Crippen LogP contribution in [0, 0.1) is 6.92 Å². The Morgan fingerprint density at radius 2 is 1.90 bits per heavy atom. The van der Waals surface area contributed by atoms with E-state index in [2.05, 4.69) is 18.4 Å². The molecule has 4 heteroatoms. The number of aryl methyl sites for hydroxylation is 1. The number of rotatable bonds is 4. The molecule has 0 aliphatic carbocycles. The molecule has 1 unspecified atom stereocenters. The van der Waals surface area contributed by atoms with E-state index >= 15 is 0 Å². The van der Waals surface area contributed by atoms with Crippen LogP contribution in [0.1, 0.15) is 22.9 Å². The van der Waals surface area contributed by atoms with Gasteiger partial charge in [0.1, 0.15) is 11.3 Å². The molecule has 0 bridgehead atoms. The lowest BCUT2D eigenvalue weighted by Crippen LogP contribution is -2.29. The number of hydrogen-bond acceptors (Lipinski definition) is 3. The number of hydrazine groups is 1. The molecule has 2 aromatic carbocycles. The molecule has 0 amide bonds. The Labute approximate surface area is 128 Å². The molecule has 0 aliphatic heterocycles. The third-order valence-electron chi connectivity index (χ3n) is 3.59. The van der Waals surface area contributed by atoms with Crippen LogP contribution in [0.4, 0.5) is 0 Å². The summed E-state index contributed by atoms with van der Waals surface area (Å²) in [6.07, 6.45) is 0.743. The molecule has 21 heavy (non-hydrogen) atoms. The fraction of sp³-hybridized carbons (Fsp3) is 0.176. The van der Waals surface area contributed by atoms with E-state index in [1.807, 2.05) is 42.5 Å². The topological polar surface area (TPSA) is 51.2 Å². The van der Waals surface area contributed by atoms with Gasteiger partial charge in [-0.3, -0.25) is 5.84 Å². The summed E-state index contributed by atoms with van der Waals surface area (Å²) in [5.41, 5.74) is 6.08. The maximum Gasteiger partial charge on any atom is 0.134 e. The minimum absolute atomic E-state index is 0.0705. The van der Waals surface area contributed by atoms with E-state index in [1.165, 1.54) is 5.56 Å². The molecule has 0 spiro atoms. The summed E-state index contributed by atoms with van der Waals surface area (Å²) in [4.78, 5) is 0. The van der Waals surface area contributed by atoms with Gasteiger partial charge in [-0.25, -0.2) is 5.43 Å². The molecule has 108 valence electrons. The number of halogens is 1. The van der Waals surface area contributed by atoms with Crippen molar-refractivity contribution in [2.24, 2.45) is 5.84 Å². The standard InChI is InChI=1S/C17H17ClN2O/c1-11-2-7-16-13(8-11)10-17(21-16)15(20-19)9-12-3-5-14(18)6-4-12/h2-8,10,15,20H,9,19H2,1H3. The van der Waals surface area contributed by atoms with Crippen LogP contribution in [0.25, 0.3) is 11.0 Å². The number of benzene rings is 2. The minimum atomic E-state index is -0.0705. The van der Waals surface area contributed by atoms with Crippen molar-refractivity contribution in [1.29, 1.82) is 0 Å². The average molecular weight is 301 g/mol. The molecule has 1 aromatic heterocycles. The number of hydrogen-bond donors (Lipinski definition) is 2. The summed E-state index contributed by atoms with van der Waals surface area (Å²) in [6, 6.07) is 15.9. The lowest BCUT2D eigenvalue weighted by molar-refractivity contribution is 0.434. The Balaban J connectivity index is 1.88. The van der Waals surface area contributed by atoms with Crippen molar-refractivity contribution in [1.82, 2.24) is 5.43 Å². The van der Waals surface area contributed by atoms with Gasteiger partial charge in [0.2, 0.25) is 0 Å². The van der Waals surface area contributed by atoms with Gasteiger partial charge in [0.15, 0.2) is 0 Å². The average Bonchev–Trinajstić information content (AvgIpc) is 2.89. The largest absolute Gasteiger partial charge is 0.459 e. The van der Waals surface area contributed by atoms with Crippen LogP contribution in [-0.4, -0.2) is 0 Å². The van der Waals surface area contributed by atoms with Crippen molar-refractivity contribution < 1.29 is 4.42 Å². The molecule has 0 saturated heterocycles. The van der Waals surface area contributed by atoms with Gasteiger partial charge in [-0.2, -0.15) is 0 Å². The third kappa shape index (κ3) is 3.10. The fourth-order valence-electron chi connectivity index (χ4n) is 2.45. The van der Waals surface area contributed by atoms with Crippen LogP contribution in [0.3, 0.4) is 0 Å². The Morgan fingerprint density at radius 3 is 2.62 bits per heavy atom. The van der Waals surface area contributed by atoms with Gasteiger partial charge in [-0.05, 0) is 49.2 Å². The number of nitrogens with one attached hydrogen (secondary N) is 1. The van der Waals surface area contributed by atoms with Crippen LogP contribution in [-0.2, 0) is 6.42 Å². The predicted molar refractivity (Wildman–Crippen MR) is 86.2 cm³/mol. The van der Waals surface area contributed by atoms with E-state index in [0.29, 0.717) is 0 Å². The zero-order chi connectivity index (χ0) is 14.8. The van der Waals surface area contributed by atoms with E-state index in [4.69, 9.17) is 21.9 Å². The lowest BCUT2D eigenvalue weighted by Gasteiger charge is -2.13. The van der Waals surface area contributed by atoms with Crippen molar-refractivity contribution in [3.05, 3.63) is 70.4 Å². The summed E-state index contributed by atoms with van der Waals surface area (Å²) in [6.45, 7) is 2.07. The van der Waals surface area contributed by atoms with Gasteiger partial charge in [0.05, 0.1) is 6.04 Å². The zero-order valence-electron chi connectivity index (χ0n) is 11.8. The van der Waals surface area contributed by atoms with E-state index in [9.17, 15) is 0 Å². The Hall–Kier alpha value is -1.81. The van der Waals surface area contributed by atoms with Gasteiger partial charge >= 0.3 is 0 Å². The summed E-state index contributed by atoms with van der Waals surface area (Å²) in [7, 11) is 0. The second kappa shape index (κ2) is 5.90. The number of furan rings is 1. The molecule has 0 aliphatic rings. The first-order chi connectivity index (χ1) is 10.2. The van der Waals surface area contributed by atoms with Crippen LogP contribution in [0.5, 0.6) is 0 Å². The first-order valence-electron chi connectivity index (χ1n) is 6.86. The Bertz CT molecular complexity index is 749. The minimum Gasteiger partial charge on any atom is -0.459 e. The molecule has 3 aromatic rings. The molecule has 0 radical (unpaired) electrons. The number of nitrogens with two attached hydrogens (primary N) is 1. The first kappa shape index (κ1) is 14.1. The molecular weight excluding hydrogens is 284 g/mol. The second-order valence-electron chi connectivity index (χ2n) is 5.24. The highest BCUT2D eigenvalue weighted by Gasteiger charge is 2.15. The predicted octanol–water partition coefficient (Wildman–Crippen LogP) is 4.14. The summed E-state index contributed by atoms with van der Waals surface area (Å²) < 4.78 is 5.90. The third-order valence-corrected chi connectivity index (χ3v) is 3.84. The highest BCUT2D eigenvalue weighted by Crippen LogP contribution is 2.26. The summed E-state index contributed by atoms with van der Waals surface area (Å²) >= 11 is 5.91. The zero-order valence-corrected chi connectivity index (χ0v) is 12.5. The van der Waals surface area contributed by atoms with Crippen LogP contribution < -0.4 is 11.3 Å². The maximum atomic E-state index is 5.91. The van der Waals surface area contributed by atoms with E-state index in [1.54, 1.807) is 0 Å². The van der Waals surface area contributed by atoms with Crippen LogP contribution in [0.15, 0.2) is 52.9 Å². The molecule has 0 saturated carbocycles. The molecule has 1 atom stereocenters. The maximum absolute atomic E-state index is 5.91. The smallest absolute Gasteiger partial charge is 0.134 e. The quantitative estimate of drug-likeness (QED) is 0.562. The van der Waals surface area contributed by atoms with Crippen LogP contribution in [0.2, 0.25) is 5.02 Å². The molecular formula is C17H17ClN2O. The van der Waals surface area contributed by atoms with Gasteiger partial charge in [-0.1, -0.05) is 35.4 Å². The van der Waals surface area contributed by atoms with Crippen molar-refractivity contribution in [2.45, 2.75) is 19.4 Å². The first-order valence-corrected chi connectivity index (χ1v) is 7.24. The molecule has 3 rings (SSSR count). The van der Waals surface area contributed by atoms with Crippen LogP contribution >= 0.6 is 11.6 Å². The highest BCUT2D eigenvalue weighted by atomic mass is 35.5. The summed E-state index contributed by atoms with van der Waals surface area (Å²) in [5.74, 6) is 6.54. The van der Waals surface area contributed by atoms with E-state index in [-0.39, 0.29) is 6.04 Å². The van der Waals surface area contributed by atoms with Gasteiger partial charge in [0.25, 0.3) is 0 Å². The number of fused-ring (bicyclic) bond motifs is 1. The Morgan fingerprint density at radius 1 is 1.14 bits per heavy atom. The second-order valence-corrected chi connectivity index (χ2v) is 5.68. The summed E-state index contributed by atoms with van der Waals surface area (Å²) in [5, 5.41) is 1.83. The normalized spacial score (nSPS) is 12.7. The monoisotopic (exact) mass is 300 g/mol. The molecule has 1 heterocycles. The van der Waals surface area contributed by atoms with Gasteiger partial charge < -0.3 is 4.42 Å². The lowest BCUT2D eigenvalue weighted by atomic mass is 10.0. The highest BCUT2D eigenvalue weighted by molar-refractivity contribution is 6.30. The van der Waals surface area contributed by atoms with E-state index in [0.717, 1.165) is 33.7 Å². The van der Waals surface area contributed by atoms with Gasteiger partial charge in [-0.15, -0.1) is 0 Å². The Kier molecular flexibility index (Phi) is 3.97. The van der Waals surface area contributed by atoms with Crippen molar-refractivity contribution >= 4 is 22.6 Å². The van der Waals surface area contributed by atoms with Crippen molar-refractivity contribution in [3.8, 4) is 0 Å².